The summed E-state index contributed by atoms with van der Waals surface area (Å²) in [6.45, 7) is 9.59. The average molecular weight is 332 g/mol. The van der Waals surface area contributed by atoms with E-state index in [0.717, 1.165) is 13.1 Å². The lowest BCUT2D eigenvalue weighted by molar-refractivity contribution is -0.135. The zero-order valence-corrected chi connectivity index (χ0v) is 14.8. The molecule has 2 rings (SSSR count). The Labute approximate surface area is 144 Å². The van der Waals surface area contributed by atoms with Gasteiger partial charge in [-0.3, -0.25) is 19.9 Å². The van der Waals surface area contributed by atoms with Crippen molar-refractivity contribution in [1.29, 1.82) is 0 Å². The first-order valence-electron chi connectivity index (χ1n) is 8.50. The first-order chi connectivity index (χ1) is 11.4. The summed E-state index contributed by atoms with van der Waals surface area (Å²) in [4.78, 5) is 27.5. The molecule has 0 spiro atoms. The van der Waals surface area contributed by atoms with Crippen molar-refractivity contribution in [3.63, 3.8) is 0 Å². The summed E-state index contributed by atoms with van der Waals surface area (Å²) in [7, 11) is 0. The van der Waals surface area contributed by atoms with Crippen LogP contribution in [0.2, 0.25) is 0 Å². The standard InChI is InChI=1S/C18H28N4O2/c1-13-4-5-16(12-14(13)2)15(3)21-8-10-22(11-9-21)18(24)7-6-17(23)20-19/h4-5,12,15H,6-11,19H2,1-3H3,(H,20,23). The molecule has 1 unspecified atom stereocenters. The summed E-state index contributed by atoms with van der Waals surface area (Å²) in [5.74, 6) is 4.76. The number of carbonyl (C=O) groups is 2. The molecule has 6 nitrogen and oxygen atoms in total. The van der Waals surface area contributed by atoms with Gasteiger partial charge in [0.25, 0.3) is 0 Å². The van der Waals surface area contributed by atoms with Crippen LogP contribution in [0.4, 0.5) is 0 Å². The van der Waals surface area contributed by atoms with E-state index in [1.807, 2.05) is 4.90 Å². The molecule has 1 aromatic carbocycles. The van der Waals surface area contributed by atoms with Crippen molar-refractivity contribution in [2.75, 3.05) is 26.2 Å². The molecule has 0 aromatic heterocycles. The van der Waals surface area contributed by atoms with Crippen LogP contribution in [0, 0.1) is 13.8 Å². The summed E-state index contributed by atoms with van der Waals surface area (Å²) < 4.78 is 0. The van der Waals surface area contributed by atoms with Gasteiger partial charge in [0.2, 0.25) is 11.8 Å². The van der Waals surface area contributed by atoms with E-state index in [-0.39, 0.29) is 24.7 Å². The van der Waals surface area contributed by atoms with Crippen molar-refractivity contribution in [1.82, 2.24) is 15.2 Å². The molecular formula is C18H28N4O2. The zero-order chi connectivity index (χ0) is 17.7. The maximum absolute atomic E-state index is 12.1. The second-order valence-corrected chi connectivity index (χ2v) is 6.50. The summed E-state index contributed by atoms with van der Waals surface area (Å²) in [6.07, 6.45) is 0.365. The summed E-state index contributed by atoms with van der Waals surface area (Å²) in [5.41, 5.74) is 5.99. The average Bonchev–Trinajstić information content (AvgIpc) is 2.61. The summed E-state index contributed by atoms with van der Waals surface area (Å²) in [5, 5.41) is 0. The van der Waals surface area contributed by atoms with Crippen LogP contribution >= 0.6 is 0 Å². The van der Waals surface area contributed by atoms with Gasteiger partial charge in [0.1, 0.15) is 0 Å². The Morgan fingerprint density at radius 1 is 1.12 bits per heavy atom. The smallest absolute Gasteiger partial charge is 0.234 e. The highest BCUT2D eigenvalue weighted by Gasteiger charge is 2.25. The van der Waals surface area contributed by atoms with Gasteiger partial charge in [0.05, 0.1) is 0 Å². The van der Waals surface area contributed by atoms with Gasteiger partial charge in [-0.1, -0.05) is 18.2 Å². The van der Waals surface area contributed by atoms with E-state index in [0.29, 0.717) is 19.1 Å². The summed E-state index contributed by atoms with van der Waals surface area (Å²) in [6, 6.07) is 6.95. The van der Waals surface area contributed by atoms with Crippen LogP contribution in [0.5, 0.6) is 0 Å². The molecule has 24 heavy (non-hydrogen) atoms. The third kappa shape index (κ3) is 4.55. The van der Waals surface area contributed by atoms with Crippen LogP contribution in [0.1, 0.15) is 42.5 Å². The first-order valence-corrected chi connectivity index (χ1v) is 8.50. The molecule has 1 saturated heterocycles. The van der Waals surface area contributed by atoms with E-state index in [4.69, 9.17) is 5.84 Å². The minimum Gasteiger partial charge on any atom is -0.340 e. The molecular weight excluding hydrogens is 304 g/mol. The highest BCUT2D eigenvalue weighted by atomic mass is 16.2. The lowest BCUT2D eigenvalue weighted by atomic mass is 10.0. The Morgan fingerprint density at radius 2 is 1.79 bits per heavy atom. The predicted octanol–water partition coefficient (Wildman–Crippen LogP) is 1.28. The number of carbonyl (C=O) groups excluding carboxylic acids is 2. The molecule has 1 aliphatic rings. The Balaban J connectivity index is 1.86. The minimum atomic E-state index is -0.301. The summed E-state index contributed by atoms with van der Waals surface area (Å²) >= 11 is 0. The van der Waals surface area contributed by atoms with Crippen molar-refractivity contribution in [2.45, 2.75) is 39.7 Å². The number of rotatable bonds is 5. The van der Waals surface area contributed by atoms with E-state index in [2.05, 4.69) is 49.3 Å². The second-order valence-electron chi connectivity index (χ2n) is 6.50. The van der Waals surface area contributed by atoms with Gasteiger partial charge in [-0.15, -0.1) is 0 Å². The Morgan fingerprint density at radius 3 is 2.38 bits per heavy atom. The van der Waals surface area contributed by atoms with Gasteiger partial charge in [0.15, 0.2) is 0 Å². The van der Waals surface area contributed by atoms with Crippen LogP contribution in [0.3, 0.4) is 0 Å². The molecule has 1 aromatic rings. The molecule has 0 bridgehead atoms. The Bertz CT molecular complexity index is 595. The molecule has 1 fully saturated rings. The number of hydrazine groups is 1. The molecule has 3 N–H and O–H groups in total. The fraction of sp³-hybridized carbons (Fsp3) is 0.556. The topological polar surface area (TPSA) is 78.7 Å². The van der Waals surface area contributed by atoms with Crippen molar-refractivity contribution in [3.05, 3.63) is 34.9 Å². The number of benzene rings is 1. The third-order valence-electron chi connectivity index (χ3n) is 4.95. The number of nitrogens with zero attached hydrogens (tertiary/aromatic N) is 2. The van der Waals surface area contributed by atoms with E-state index in [1.54, 1.807) is 0 Å². The van der Waals surface area contributed by atoms with Crippen LogP contribution in [-0.4, -0.2) is 47.8 Å². The molecule has 132 valence electrons. The van der Waals surface area contributed by atoms with Crippen LogP contribution in [0.15, 0.2) is 18.2 Å². The highest BCUT2D eigenvalue weighted by Crippen LogP contribution is 2.23. The van der Waals surface area contributed by atoms with Gasteiger partial charge in [-0.25, -0.2) is 5.84 Å². The number of hydrogen-bond acceptors (Lipinski definition) is 4. The lowest BCUT2D eigenvalue weighted by Crippen LogP contribution is -2.49. The van der Waals surface area contributed by atoms with Gasteiger partial charge in [-0.2, -0.15) is 0 Å². The molecule has 1 aliphatic heterocycles. The fourth-order valence-electron chi connectivity index (χ4n) is 3.04. The fourth-order valence-corrected chi connectivity index (χ4v) is 3.04. The molecule has 1 heterocycles. The molecule has 1 atom stereocenters. The number of amides is 2. The Kier molecular flexibility index (Phi) is 6.34. The van der Waals surface area contributed by atoms with Crippen LogP contribution in [-0.2, 0) is 9.59 Å². The SMILES string of the molecule is Cc1ccc(C(C)N2CCN(C(=O)CCC(=O)NN)CC2)cc1C. The molecule has 0 saturated carbocycles. The van der Waals surface area contributed by atoms with Crippen LogP contribution < -0.4 is 11.3 Å². The maximum Gasteiger partial charge on any atom is 0.234 e. The Hall–Kier alpha value is -1.92. The van der Waals surface area contributed by atoms with E-state index >= 15 is 0 Å². The van der Waals surface area contributed by atoms with Gasteiger partial charge < -0.3 is 4.90 Å². The van der Waals surface area contributed by atoms with Gasteiger partial charge >= 0.3 is 0 Å². The van der Waals surface area contributed by atoms with Crippen molar-refractivity contribution in [3.8, 4) is 0 Å². The van der Waals surface area contributed by atoms with Crippen molar-refractivity contribution in [2.24, 2.45) is 5.84 Å². The number of piperazine rings is 1. The normalized spacial score (nSPS) is 16.8. The van der Waals surface area contributed by atoms with E-state index in [1.165, 1.54) is 16.7 Å². The van der Waals surface area contributed by atoms with Gasteiger partial charge in [0, 0.05) is 45.1 Å². The monoisotopic (exact) mass is 332 g/mol. The van der Waals surface area contributed by atoms with E-state index in [9.17, 15) is 9.59 Å². The lowest BCUT2D eigenvalue weighted by Gasteiger charge is -2.38. The maximum atomic E-state index is 12.1. The van der Waals surface area contributed by atoms with Crippen molar-refractivity contribution >= 4 is 11.8 Å². The number of nitrogens with two attached hydrogens (primary N) is 1. The largest absolute Gasteiger partial charge is 0.340 e. The third-order valence-corrected chi connectivity index (χ3v) is 4.95. The minimum absolute atomic E-state index is 0.0251. The number of aryl methyl sites for hydroxylation is 2. The predicted molar refractivity (Wildman–Crippen MR) is 94.0 cm³/mol. The zero-order valence-electron chi connectivity index (χ0n) is 14.8. The van der Waals surface area contributed by atoms with Gasteiger partial charge in [-0.05, 0) is 37.5 Å². The van der Waals surface area contributed by atoms with Crippen LogP contribution in [0.25, 0.3) is 0 Å². The molecule has 0 radical (unpaired) electrons. The number of nitrogens with one attached hydrogen (secondary N) is 1. The first kappa shape index (κ1) is 18.4. The van der Waals surface area contributed by atoms with E-state index < -0.39 is 0 Å². The molecule has 0 aliphatic carbocycles. The second kappa shape index (κ2) is 8.26. The molecule has 6 heteroatoms. The van der Waals surface area contributed by atoms with Crippen molar-refractivity contribution < 1.29 is 9.59 Å². The number of hydrogen-bond donors (Lipinski definition) is 2. The highest BCUT2D eigenvalue weighted by molar-refractivity contribution is 5.83. The molecule has 2 amide bonds. The quantitative estimate of drug-likeness (QED) is 0.484.